The van der Waals surface area contributed by atoms with Gasteiger partial charge < -0.3 is 4.74 Å². The third-order valence-electron chi connectivity index (χ3n) is 2.37. The predicted molar refractivity (Wildman–Crippen MR) is 65.7 cm³/mol. The average molecular weight is 231 g/mol. The van der Waals surface area contributed by atoms with Gasteiger partial charge in [-0.2, -0.15) is 5.26 Å². The molecule has 0 atom stereocenters. The van der Waals surface area contributed by atoms with Crippen molar-refractivity contribution in [2.24, 2.45) is 5.92 Å². The Balaban J connectivity index is 3.01. The molecule has 0 aliphatic heterocycles. The lowest BCUT2D eigenvalue weighted by Gasteiger charge is -2.08. The van der Waals surface area contributed by atoms with Crippen LogP contribution in [0, 0.1) is 17.2 Å². The van der Waals surface area contributed by atoms with E-state index in [2.05, 4.69) is 19.9 Å². The van der Waals surface area contributed by atoms with E-state index < -0.39 is 0 Å². The Morgan fingerprint density at radius 2 is 2.18 bits per heavy atom. The standard InChI is InChI=1S/C14H17NO2/c1-4-17-14(16)12-6-5-11(7-10(2)3)13(8-12)9-15/h5-6,8,10H,4,7H2,1-3H3. The molecule has 0 radical (unpaired) electrons. The van der Waals surface area contributed by atoms with Crippen LogP contribution in [-0.2, 0) is 11.2 Å². The molecule has 3 nitrogen and oxygen atoms in total. The number of esters is 1. The van der Waals surface area contributed by atoms with Crippen molar-refractivity contribution in [3.63, 3.8) is 0 Å². The molecule has 90 valence electrons. The summed E-state index contributed by atoms with van der Waals surface area (Å²) in [6.45, 7) is 6.30. The molecule has 1 aromatic carbocycles. The van der Waals surface area contributed by atoms with Gasteiger partial charge in [-0.15, -0.1) is 0 Å². The van der Waals surface area contributed by atoms with Crippen LogP contribution < -0.4 is 0 Å². The summed E-state index contributed by atoms with van der Waals surface area (Å²) in [5.41, 5.74) is 1.98. The Labute approximate surface area is 102 Å². The van der Waals surface area contributed by atoms with Gasteiger partial charge >= 0.3 is 5.97 Å². The second kappa shape index (κ2) is 6.05. The number of hydrogen-bond acceptors (Lipinski definition) is 3. The zero-order chi connectivity index (χ0) is 12.8. The van der Waals surface area contributed by atoms with E-state index >= 15 is 0 Å². The van der Waals surface area contributed by atoms with Crippen LogP contribution in [0.4, 0.5) is 0 Å². The average Bonchev–Trinajstić information content (AvgIpc) is 2.29. The van der Waals surface area contributed by atoms with E-state index in [1.54, 1.807) is 19.1 Å². The predicted octanol–water partition coefficient (Wildman–Crippen LogP) is 2.93. The summed E-state index contributed by atoms with van der Waals surface area (Å²) in [6, 6.07) is 7.29. The second-order valence-electron chi connectivity index (χ2n) is 4.30. The molecule has 0 N–H and O–H groups in total. The molecule has 0 heterocycles. The first-order valence-corrected chi connectivity index (χ1v) is 5.78. The number of carbonyl (C=O) groups is 1. The zero-order valence-corrected chi connectivity index (χ0v) is 10.5. The van der Waals surface area contributed by atoms with Crippen LogP contribution >= 0.6 is 0 Å². The first kappa shape index (κ1) is 13.2. The molecule has 3 heteroatoms. The molecule has 0 unspecified atom stereocenters. The molecule has 0 saturated heterocycles. The van der Waals surface area contributed by atoms with Gasteiger partial charge in [-0.25, -0.2) is 4.79 Å². The van der Waals surface area contributed by atoms with Crippen LogP contribution in [0.2, 0.25) is 0 Å². The fraction of sp³-hybridized carbons (Fsp3) is 0.429. The van der Waals surface area contributed by atoms with Crippen molar-refractivity contribution in [2.75, 3.05) is 6.61 Å². The van der Waals surface area contributed by atoms with Crippen molar-refractivity contribution >= 4 is 5.97 Å². The summed E-state index contributed by atoms with van der Waals surface area (Å²) in [4.78, 5) is 11.5. The number of carbonyl (C=O) groups excluding carboxylic acids is 1. The minimum absolute atomic E-state index is 0.342. The monoisotopic (exact) mass is 231 g/mol. The Bertz CT molecular complexity index is 444. The fourth-order valence-electron chi connectivity index (χ4n) is 1.64. The number of ether oxygens (including phenoxy) is 1. The molecule has 0 fully saturated rings. The SMILES string of the molecule is CCOC(=O)c1ccc(CC(C)C)c(C#N)c1. The highest BCUT2D eigenvalue weighted by atomic mass is 16.5. The number of nitrogens with zero attached hydrogens (tertiary/aromatic N) is 1. The lowest BCUT2D eigenvalue weighted by Crippen LogP contribution is -2.06. The molecule has 0 saturated carbocycles. The third-order valence-corrected chi connectivity index (χ3v) is 2.37. The van der Waals surface area contributed by atoms with Gasteiger partial charge in [0.15, 0.2) is 0 Å². The normalized spacial score (nSPS) is 10.1. The van der Waals surface area contributed by atoms with Gasteiger partial charge in [-0.3, -0.25) is 0 Å². The molecule has 0 aliphatic rings. The summed E-state index contributed by atoms with van der Waals surface area (Å²) in [5, 5.41) is 9.07. The summed E-state index contributed by atoms with van der Waals surface area (Å²) in [6.07, 6.45) is 0.839. The number of nitriles is 1. The largest absolute Gasteiger partial charge is 0.462 e. The zero-order valence-electron chi connectivity index (χ0n) is 10.5. The van der Waals surface area contributed by atoms with E-state index in [-0.39, 0.29) is 5.97 Å². The summed E-state index contributed by atoms with van der Waals surface area (Å²) in [7, 11) is 0. The minimum atomic E-state index is -0.375. The lowest BCUT2D eigenvalue weighted by atomic mass is 9.97. The highest BCUT2D eigenvalue weighted by Crippen LogP contribution is 2.16. The first-order valence-electron chi connectivity index (χ1n) is 5.78. The summed E-state index contributed by atoms with van der Waals surface area (Å²) in [5.74, 6) is 0.107. The molecule has 0 aromatic heterocycles. The quantitative estimate of drug-likeness (QED) is 0.748. The van der Waals surface area contributed by atoms with Crippen molar-refractivity contribution in [1.82, 2.24) is 0 Å². The highest BCUT2D eigenvalue weighted by Gasteiger charge is 2.11. The van der Waals surface area contributed by atoms with E-state index in [1.807, 2.05) is 6.07 Å². The van der Waals surface area contributed by atoms with Crippen LogP contribution in [0.15, 0.2) is 18.2 Å². The Kier molecular flexibility index (Phi) is 4.71. The minimum Gasteiger partial charge on any atom is -0.462 e. The van der Waals surface area contributed by atoms with Crippen LogP contribution in [0.1, 0.15) is 42.3 Å². The van der Waals surface area contributed by atoms with Gasteiger partial charge in [-0.1, -0.05) is 19.9 Å². The van der Waals surface area contributed by atoms with Crippen LogP contribution in [0.25, 0.3) is 0 Å². The maximum Gasteiger partial charge on any atom is 0.338 e. The summed E-state index contributed by atoms with van der Waals surface area (Å²) < 4.78 is 4.90. The molecule has 1 rings (SSSR count). The number of hydrogen-bond donors (Lipinski definition) is 0. The van der Waals surface area contributed by atoms with E-state index in [1.165, 1.54) is 0 Å². The van der Waals surface area contributed by atoms with Crippen molar-refractivity contribution in [2.45, 2.75) is 27.2 Å². The molecule has 0 bridgehead atoms. The van der Waals surface area contributed by atoms with E-state index in [0.29, 0.717) is 23.7 Å². The van der Waals surface area contributed by atoms with Crippen molar-refractivity contribution in [3.8, 4) is 6.07 Å². The third kappa shape index (κ3) is 3.60. The Hall–Kier alpha value is -1.82. The van der Waals surface area contributed by atoms with Gasteiger partial charge in [0.25, 0.3) is 0 Å². The van der Waals surface area contributed by atoms with Crippen LogP contribution in [0.3, 0.4) is 0 Å². The molecule has 17 heavy (non-hydrogen) atoms. The van der Waals surface area contributed by atoms with Crippen LogP contribution in [0.5, 0.6) is 0 Å². The maximum atomic E-state index is 11.5. The Morgan fingerprint density at radius 3 is 2.71 bits per heavy atom. The van der Waals surface area contributed by atoms with Crippen LogP contribution in [-0.4, -0.2) is 12.6 Å². The number of benzene rings is 1. The maximum absolute atomic E-state index is 11.5. The Morgan fingerprint density at radius 1 is 1.47 bits per heavy atom. The second-order valence-corrected chi connectivity index (χ2v) is 4.30. The van der Waals surface area contributed by atoms with E-state index in [9.17, 15) is 4.79 Å². The van der Waals surface area contributed by atoms with Gasteiger partial charge in [0, 0.05) is 0 Å². The van der Waals surface area contributed by atoms with Crippen molar-refractivity contribution < 1.29 is 9.53 Å². The molecule has 1 aromatic rings. The first-order chi connectivity index (χ1) is 8.08. The molecule has 0 aliphatic carbocycles. The van der Waals surface area contributed by atoms with Gasteiger partial charge in [-0.05, 0) is 37.0 Å². The van der Waals surface area contributed by atoms with Gasteiger partial charge in [0.1, 0.15) is 0 Å². The lowest BCUT2D eigenvalue weighted by molar-refractivity contribution is 0.0526. The van der Waals surface area contributed by atoms with E-state index in [4.69, 9.17) is 10.00 Å². The van der Waals surface area contributed by atoms with Gasteiger partial charge in [0.2, 0.25) is 0 Å². The fourth-order valence-corrected chi connectivity index (χ4v) is 1.64. The molecule has 0 spiro atoms. The summed E-state index contributed by atoms with van der Waals surface area (Å²) >= 11 is 0. The van der Waals surface area contributed by atoms with Gasteiger partial charge in [0.05, 0.1) is 23.8 Å². The molecular weight excluding hydrogens is 214 g/mol. The smallest absolute Gasteiger partial charge is 0.338 e. The van der Waals surface area contributed by atoms with Crippen molar-refractivity contribution in [1.29, 1.82) is 5.26 Å². The number of rotatable bonds is 4. The van der Waals surface area contributed by atoms with Crippen molar-refractivity contribution in [3.05, 3.63) is 34.9 Å². The molecule has 0 amide bonds. The molecular formula is C14H17NO2. The van der Waals surface area contributed by atoms with E-state index in [0.717, 1.165) is 12.0 Å². The topological polar surface area (TPSA) is 50.1 Å². The highest BCUT2D eigenvalue weighted by molar-refractivity contribution is 5.90.